The molecule has 1 aromatic carbocycles. The molecule has 0 aliphatic carbocycles. The SMILES string of the molecule is CCc1ccc(CC(O)COC(C)C)cc1. The predicted molar refractivity (Wildman–Crippen MR) is 66.6 cm³/mol. The summed E-state index contributed by atoms with van der Waals surface area (Å²) in [6, 6.07) is 8.39. The third kappa shape index (κ3) is 4.77. The Balaban J connectivity index is 2.40. The summed E-state index contributed by atoms with van der Waals surface area (Å²) < 4.78 is 5.37. The van der Waals surface area contributed by atoms with Gasteiger partial charge in [0.25, 0.3) is 0 Å². The van der Waals surface area contributed by atoms with Gasteiger partial charge in [0, 0.05) is 6.42 Å². The average molecular weight is 222 g/mol. The molecule has 1 aromatic rings. The highest BCUT2D eigenvalue weighted by Crippen LogP contribution is 2.08. The van der Waals surface area contributed by atoms with Crippen molar-refractivity contribution in [2.75, 3.05) is 6.61 Å². The van der Waals surface area contributed by atoms with Crippen molar-refractivity contribution in [3.8, 4) is 0 Å². The summed E-state index contributed by atoms with van der Waals surface area (Å²) in [6.45, 7) is 6.50. The maximum Gasteiger partial charge on any atom is 0.0814 e. The van der Waals surface area contributed by atoms with Crippen LogP contribution in [0.3, 0.4) is 0 Å². The van der Waals surface area contributed by atoms with Crippen molar-refractivity contribution in [3.05, 3.63) is 35.4 Å². The summed E-state index contributed by atoms with van der Waals surface area (Å²) in [4.78, 5) is 0. The molecule has 0 aliphatic rings. The lowest BCUT2D eigenvalue weighted by molar-refractivity contribution is 0.00621. The van der Waals surface area contributed by atoms with Crippen molar-refractivity contribution in [2.45, 2.75) is 45.8 Å². The smallest absolute Gasteiger partial charge is 0.0814 e. The maximum atomic E-state index is 9.75. The first-order valence-electron chi connectivity index (χ1n) is 5.99. The van der Waals surface area contributed by atoms with Crippen molar-refractivity contribution >= 4 is 0 Å². The van der Waals surface area contributed by atoms with E-state index in [-0.39, 0.29) is 6.10 Å². The Kier molecular flexibility index (Phi) is 5.50. The molecular formula is C14H22O2. The highest BCUT2D eigenvalue weighted by atomic mass is 16.5. The lowest BCUT2D eigenvalue weighted by Gasteiger charge is -2.13. The zero-order valence-corrected chi connectivity index (χ0v) is 10.4. The van der Waals surface area contributed by atoms with Crippen molar-refractivity contribution in [3.63, 3.8) is 0 Å². The van der Waals surface area contributed by atoms with E-state index in [1.165, 1.54) is 5.56 Å². The van der Waals surface area contributed by atoms with E-state index in [9.17, 15) is 5.11 Å². The molecule has 1 rings (SSSR count). The Hall–Kier alpha value is -0.860. The topological polar surface area (TPSA) is 29.5 Å². The Morgan fingerprint density at radius 3 is 2.19 bits per heavy atom. The molecule has 0 bridgehead atoms. The van der Waals surface area contributed by atoms with E-state index in [2.05, 4.69) is 31.2 Å². The van der Waals surface area contributed by atoms with Crippen LogP contribution in [0.25, 0.3) is 0 Å². The summed E-state index contributed by atoms with van der Waals surface area (Å²) in [6.07, 6.45) is 1.49. The lowest BCUT2D eigenvalue weighted by Crippen LogP contribution is -2.20. The zero-order valence-electron chi connectivity index (χ0n) is 10.4. The molecule has 0 amide bonds. The van der Waals surface area contributed by atoms with Crippen LogP contribution < -0.4 is 0 Å². The van der Waals surface area contributed by atoms with E-state index in [0.717, 1.165) is 12.0 Å². The van der Waals surface area contributed by atoms with Gasteiger partial charge in [-0.2, -0.15) is 0 Å². The van der Waals surface area contributed by atoms with Crippen LogP contribution in [0.4, 0.5) is 0 Å². The Bertz CT molecular complexity index is 290. The molecule has 0 aromatic heterocycles. The molecule has 1 atom stereocenters. The summed E-state index contributed by atoms with van der Waals surface area (Å²) in [5, 5.41) is 9.75. The quantitative estimate of drug-likeness (QED) is 0.801. The minimum atomic E-state index is -0.408. The molecule has 0 aliphatic heterocycles. The van der Waals surface area contributed by atoms with E-state index in [1.54, 1.807) is 0 Å². The minimum Gasteiger partial charge on any atom is -0.390 e. The first kappa shape index (κ1) is 13.2. The van der Waals surface area contributed by atoms with E-state index in [4.69, 9.17) is 4.74 Å². The van der Waals surface area contributed by atoms with E-state index < -0.39 is 6.10 Å². The lowest BCUT2D eigenvalue weighted by atomic mass is 10.1. The van der Waals surface area contributed by atoms with Crippen LogP contribution in [0.1, 0.15) is 31.9 Å². The number of aryl methyl sites for hydroxylation is 1. The van der Waals surface area contributed by atoms with E-state index >= 15 is 0 Å². The molecule has 0 saturated carbocycles. The van der Waals surface area contributed by atoms with Gasteiger partial charge in [0.1, 0.15) is 0 Å². The normalized spacial score (nSPS) is 13.1. The molecule has 0 spiro atoms. The van der Waals surface area contributed by atoms with Crippen LogP contribution in [0.5, 0.6) is 0 Å². The van der Waals surface area contributed by atoms with Gasteiger partial charge >= 0.3 is 0 Å². The summed E-state index contributed by atoms with van der Waals surface area (Å²) in [5.74, 6) is 0. The van der Waals surface area contributed by atoms with Crippen LogP contribution in [0, 0.1) is 0 Å². The van der Waals surface area contributed by atoms with Gasteiger partial charge in [-0.3, -0.25) is 0 Å². The molecule has 0 saturated heterocycles. The number of aliphatic hydroxyl groups excluding tert-OH is 1. The monoisotopic (exact) mass is 222 g/mol. The van der Waals surface area contributed by atoms with Crippen LogP contribution in [0.2, 0.25) is 0 Å². The number of aliphatic hydroxyl groups is 1. The standard InChI is InChI=1S/C14H22O2/c1-4-12-5-7-13(8-6-12)9-14(15)10-16-11(2)3/h5-8,11,14-15H,4,9-10H2,1-3H3. The molecule has 2 heteroatoms. The van der Waals surface area contributed by atoms with E-state index in [1.807, 2.05) is 13.8 Å². The van der Waals surface area contributed by atoms with Gasteiger partial charge in [-0.05, 0) is 31.4 Å². The second kappa shape index (κ2) is 6.66. The van der Waals surface area contributed by atoms with Crippen LogP contribution in [-0.4, -0.2) is 23.9 Å². The Morgan fingerprint density at radius 2 is 1.69 bits per heavy atom. The number of benzene rings is 1. The third-order valence-electron chi connectivity index (χ3n) is 2.52. The van der Waals surface area contributed by atoms with Crippen molar-refractivity contribution in [1.82, 2.24) is 0 Å². The highest BCUT2D eigenvalue weighted by Gasteiger charge is 2.06. The van der Waals surface area contributed by atoms with Gasteiger partial charge in [-0.25, -0.2) is 0 Å². The van der Waals surface area contributed by atoms with Gasteiger partial charge < -0.3 is 9.84 Å². The van der Waals surface area contributed by atoms with Crippen molar-refractivity contribution < 1.29 is 9.84 Å². The summed E-state index contributed by atoms with van der Waals surface area (Å²) in [7, 11) is 0. The predicted octanol–water partition coefficient (Wildman–Crippen LogP) is 2.58. The van der Waals surface area contributed by atoms with Crippen LogP contribution in [-0.2, 0) is 17.6 Å². The van der Waals surface area contributed by atoms with Gasteiger partial charge in [0.15, 0.2) is 0 Å². The highest BCUT2D eigenvalue weighted by molar-refractivity contribution is 5.22. The molecule has 1 N–H and O–H groups in total. The second-order valence-electron chi connectivity index (χ2n) is 4.41. The molecule has 16 heavy (non-hydrogen) atoms. The average Bonchev–Trinajstić information content (AvgIpc) is 2.27. The molecule has 0 radical (unpaired) electrons. The van der Waals surface area contributed by atoms with Gasteiger partial charge in [-0.1, -0.05) is 31.2 Å². The van der Waals surface area contributed by atoms with Crippen LogP contribution >= 0.6 is 0 Å². The van der Waals surface area contributed by atoms with Gasteiger partial charge in [0.05, 0.1) is 18.8 Å². The van der Waals surface area contributed by atoms with Gasteiger partial charge in [0.2, 0.25) is 0 Å². The number of rotatable bonds is 6. The largest absolute Gasteiger partial charge is 0.390 e. The fourth-order valence-electron chi connectivity index (χ4n) is 1.55. The number of hydrogen-bond acceptors (Lipinski definition) is 2. The summed E-state index contributed by atoms with van der Waals surface area (Å²) in [5.41, 5.74) is 2.49. The molecular weight excluding hydrogens is 200 g/mol. The number of ether oxygens (including phenoxy) is 1. The van der Waals surface area contributed by atoms with Gasteiger partial charge in [-0.15, -0.1) is 0 Å². The third-order valence-corrected chi connectivity index (χ3v) is 2.52. The van der Waals surface area contributed by atoms with E-state index in [0.29, 0.717) is 13.0 Å². The Morgan fingerprint density at radius 1 is 1.12 bits per heavy atom. The van der Waals surface area contributed by atoms with Crippen molar-refractivity contribution in [2.24, 2.45) is 0 Å². The molecule has 1 unspecified atom stereocenters. The first-order chi connectivity index (χ1) is 7.61. The zero-order chi connectivity index (χ0) is 12.0. The Labute approximate surface area is 98.3 Å². The first-order valence-corrected chi connectivity index (χ1v) is 5.99. The summed E-state index contributed by atoms with van der Waals surface area (Å²) >= 11 is 0. The fraction of sp³-hybridized carbons (Fsp3) is 0.571. The molecule has 0 fully saturated rings. The maximum absolute atomic E-state index is 9.75. The molecule has 0 heterocycles. The second-order valence-corrected chi connectivity index (χ2v) is 4.41. The van der Waals surface area contributed by atoms with Crippen molar-refractivity contribution in [1.29, 1.82) is 0 Å². The molecule has 90 valence electrons. The van der Waals surface area contributed by atoms with Crippen LogP contribution in [0.15, 0.2) is 24.3 Å². The fourth-order valence-corrected chi connectivity index (χ4v) is 1.55. The molecule has 2 nitrogen and oxygen atoms in total. The number of hydrogen-bond donors (Lipinski definition) is 1. The minimum absolute atomic E-state index is 0.178.